The number of hydrogen-bond acceptors (Lipinski definition) is 4. The van der Waals surface area contributed by atoms with Crippen molar-refractivity contribution < 1.29 is 9.18 Å². The van der Waals surface area contributed by atoms with Gasteiger partial charge in [-0.15, -0.1) is 0 Å². The Morgan fingerprint density at radius 2 is 1.90 bits per heavy atom. The Hall–Kier alpha value is -3.94. The summed E-state index contributed by atoms with van der Waals surface area (Å²) in [6.07, 6.45) is 5.34. The molecule has 0 bridgehead atoms. The molecule has 0 spiro atoms. The van der Waals surface area contributed by atoms with Gasteiger partial charge in [0.25, 0.3) is 0 Å². The van der Waals surface area contributed by atoms with E-state index in [-0.39, 0.29) is 12.4 Å². The number of nitrogens with zero attached hydrogens (tertiary/aromatic N) is 3. The van der Waals surface area contributed by atoms with E-state index in [1.807, 2.05) is 22.7 Å². The van der Waals surface area contributed by atoms with Crippen LogP contribution in [-0.4, -0.2) is 27.4 Å². The van der Waals surface area contributed by atoms with Crippen LogP contribution in [0.4, 0.5) is 20.7 Å². The molecule has 29 heavy (non-hydrogen) atoms. The molecule has 4 aromatic rings. The van der Waals surface area contributed by atoms with Crippen molar-refractivity contribution >= 4 is 23.2 Å². The number of carbonyl (C=O) groups excluding carboxylic acids is 1. The van der Waals surface area contributed by atoms with Crippen LogP contribution in [0.1, 0.15) is 5.56 Å². The number of hydrogen-bond donors (Lipinski definition) is 3. The van der Waals surface area contributed by atoms with E-state index in [4.69, 9.17) is 0 Å². The van der Waals surface area contributed by atoms with Gasteiger partial charge in [0.15, 0.2) is 11.5 Å². The Balaban J connectivity index is 1.44. The first-order valence-corrected chi connectivity index (χ1v) is 9.04. The lowest BCUT2D eigenvalue weighted by Gasteiger charge is -2.09. The molecular formula is C21H19FN6O. The molecule has 4 rings (SSSR count). The van der Waals surface area contributed by atoms with Crippen LogP contribution in [0.2, 0.25) is 0 Å². The second-order valence-corrected chi connectivity index (χ2v) is 6.34. The summed E-state index contributed by atoms with van der Waals surface area (Å²) < 4.78 is 15.6. The highest BCUT2D eigenvalue weighted by atomic mass is 19.1. The molecular weight excluding hydrogens is 371 g/mol. The van der Waals surface area contributed by atoms with E-state index < -0.39 is 6.03 Å². The third-order valence-corrected chi connectivity index (χ3v) is 4.50. The number of benzene rings is 2. The van der Waals surface area contributed by atoms with E-state index >= 15 is 0 Å². The SMILES string of the molecule is CNc1nccn2c(-c3ccc(NC(=O)NCc4ccccc4F)cc3)cnc12. The first kappa shape index (κ1) is 18.4. The number of halogens is 1. The van der Waals surface area contributed by atoms with Gasteiger partial charge in [-0.3, -0.25) is 4.40 Å². The van der Waals surface area contributed by atoms with Gasteiger partial charge < -0.3 is 16.0 Å². The molecule has 7 nitrogen and oxygen atoms in total. The van der Waals surface area contributed by atoms with Crippen LogP contribution in [-0.2, 0) is 6.54 Å². The second-order valence-electron chi connectivity index (χ2n) is 6.34. The number of aromatic nitrogens is 3. The molecule has 2 aromatic heterocycles. The first-order valence-electron chi connectivity index (χ1n) is 9.04. The smallest absolute Gasteiger partial charge is 0.319 e. The number of nitrogens with one attached hydrogen (secondary N) is 3. The molecule has 0 saturated heterocycles. The van der Waals surface area contributed by atoms with E-state index in [9.17, 15) is 9.18 Å². The van der Waals surface area contributed by atoms with Crippen molar-refractivity contribution in [2.45, 2.75) is 6.54 Å². The molecule has 0 saturated carbocycles. The molecule has 3 N–H and O–H groups in total. The summed E-state index contributed by atoms with van der Waals surface area (Å²) >= 11 is 0. The summed E-state index contributed by atoms with van der Waals surface area (Å²) in [4.78, 5) is 20.8. The monoisotopic (exact) mass is 390 g/mol. The summed E-state index contributed by atoms with van der Waals surface area (Å²) in [6, 6.07) is 13.3. The zero-order chi connectivity index (χ0) is 20.2. The number of amides is 2. The number of carbonyl (C=O) groups is 1. The van der Waals surface area contributed by atoms with Gasteiger partial charge in [-0.05, 0) is 18.2 Å². The predicted molar refractivity (Wildman–Crippen MR) is 110 cm³/mol. The molecule has 0 atom stereocenters. The number of anilines is 2. The van der Waals surface area contributed by atoms with Crippen molar-refractivity contribution in [3.05, 3.63) is 78.5 Å². The summed E-state index contributed by atoms with van der Waals surface area (Å²) in [7, 11) is 1.80. The fourth-order valence-electron chi connectivity index (χ4n) is 3.03. The Bertz CT molecular complexity index is 1160. The molecule has 0 radical (unpaired) electrons. The molecule has 0 unspecified atom stereocenters. The van der Waals surface area contributed by atoms with E-state index in [1.165, 1.54) is 6.07 Å². The molecule has 0 aliphatic carbocycles. The largest absolute Gasteiger partial charge is 0.370 e. The Morgan fingerprint density at radius 1 is 1.10 bits per heavy atom. The average Bonchev–Trinajstić information content (AvgIpc) is 3.18. The van der Waals surface area contributed by atoms with Crippen LogP contribution < -0.4 is 16.0 Å². The van der Waals surface area contributed by atoms with Crippen LogP contribution in [0.5, 0.6) is 0 Å². The summed E-state index contributed by atoms with van der Waals surface area (Å²) in [5.74, 6) is 0.352. The molecule has 0 fully saturated rings. The maximum atomic E-state index is 13.6. The van der Waals surface area contributed by atoms with E-state index in [0.29, 0.717) is 17.1 Å². The van der Waals surface area contributed by atoms with Crippen LogP contribution in [0.3, 0.4) is 0 Å². The lowest BCUT2D eigenvalue weighted by molar-refractivity contribution is 0.251. The van der Waals surface area contributed by atoms with Gasteiger partial charge in [0.1, 0.15) is 5.82 Å². The fraction of sp³-hybridized carbons (Fsp3) is 0.0952. The van der Waals surface area contributed by atoms with Gasteiger partial charge in [0.2, 0.25) is 0 Å². The number of imidazole rings is 1. The van der Waals surface area contributed by atoms with Gasteiger partial charge in [-0.2, -0.15) is 0 Å². The first-order chi connectivity index (χ1) is 14.2. The summed E-state index contributed by atoms with van der Waals surface area (Å²) in [5.41, 5.74) is 3.66. The minimum Gasteiger partial charge on any atom is -0.370 e. The van der Waals surface area contributed by atoms with Gasteiger partial charge in [-0.25, -0.2) is 19.2 Å². The Labute approximate surface area is 166 Å². The van der Waals surface area contributed by atoms with Crippen LogP contribution in [0.25, 0.3) is 16.9 Å². The Kier molecular flexibility index (Phi) is 5.07. The highest BCUT2D eigenvalue weighted by molar-refractivity contribution is 5.89. The van der Waals surface area contributed by atoms with E-state index in [1.54, 1.807) is 49.8 Å². The minimum absolute atomic E-state index is 0.111. The van der Waals surface area contributed by atoms with Crippen molar-refractivity contribution in [1.29, 1.82) is 0 Å². The summed E-state index contributed by atoms with van der Waals surface area (Å²) in [5, 5.41) is 8.41. The normalized spacial score (nSPS) is 10.7. The third-order valence-electron chi connectivity index (χ3n) is 4.50. The molecule has 2 heterocycles. The third kappa shape index (κ3) is 3.86. The van der Waals surface area contributed by atoms with Crippen molar-refractivity contribution in [1.82, 2.24) is 19.7 Å². The van der Waals surface area contributed by atoms with Gasteiger partial charge in [0, 0.05) is 42.8 Å². The topological polar surface area (TPSA) is 83.3 Å². The number of rotatable bonds is 5. The molecule has 0 aliphatic rings. The van der Waals surface area contributed by atoms with Crippen molar-refractivity contribution in [3.63, 3.8) is 0 Å². The standard InChI is InChI=1S/C21H19FN6O/c1-23-19-20-25-13-18(28(20)11-10-24-19)14-6-8-16(9-7-14)27-21(29)26-12-15-4-2-3-5-17(15)22/h2-11,13H,12H2,1H3,(H,23,24)(H2,26,27,29). The van der Waals surface area contributed by atoms with Gasteiger partial charge in [-0.1, -0.05) is 30.3 Å². The van der Waals surface area contributed by atoms with Crippen LogP contribution >= 0.6 is 0 Å². The average molecular weight is 390 g/mol. The van der Waals surface area contributed by atoms with Crippen molar-refractivity contribution in [2.24, 2.45) is 0 Å². The van der Waals surface area contributed by atoms with Crippen LogP contribution in [0.15, 0.2) is 67.1 Å². The second kappa shape index (κ2) is 7.97. The zero-order valence-corrected chi connectivity index (χ0v) is 15.7. The van der Waals surface area contributed by atoms with Crippen molar-refractivity contribution in [2.75, 3.05) is 17.7 Å². The van der Waals surface area contributed by atoms with E-state index in [0.717, 1.165) is 16.9 Å². The lowest BCUT2D eigenvalue weighted by Crippen LogP contribution is -2.28. The number of urea groups is 1. The molecule has 2 amide bonds. The maximum Gasteiger partial charge on any atom is 0.319 e. The highest BCUT2D eigenvalue weighted by Crippen LogP contribution is 2.24. The fourth-order valence-corrected chi connectivity index (χ4v) is 3.03. The highest BCUT2D eigenvalue weighted by Gasteiger charge is 2.10. The Morgan fingerprint density at radius 3 is 2.66 bits per heavy atom. The molecule has 146 valence electrons. The molecule has 2 aromatic carbocycles. The van der Waals surface area contributed by atoms with Crippen molar-refractivity contribution in [3.8, 4) is 11.3 Å². The van der Waals surface area contributed by atoms with Gasteiger partial charge in [0.05, 0.1) is 11.9 Å². The minimum atomic E-state index is -0.402. The molecule has 8 heteroatoms. The van der Waals surface area contributed by atoms with E-state index in [2.05, 4.69) is 25.9 Å². The zero-order valence-electron chi connectivity index (χ0n) is 15.7. The van der Waals surface area contributed by atoms with Crippen LogP contribution in [0, 0.1) is 5.82 Å². The van der Waals surface area contributed by atoms with Gasteiger partial charge >= 0.3 is 6.03 Å². The molecule has 0 aliphatic heterocycles. The quantitative estimate of drug-likeness (QED) is 0.483. The maximum absolute atomic E-state index is 13.6. The summed E-state index contributed by atoms with van der Waals surface area (Å²) in [6.45, 7) is 0.111. The lowest BCUT2D eigenvalue weighted by atomic mass is 10.1. The predicted octanol–water partition coefficient (Wildman–Crippen LogP) is 3.90. The number of fused-ring (bicyclic) bond motifs is 1.